The van der Waals surface area contributed by atoms with E-state index >= 15 is 0 Å². The van der Waals surface area contributed by atoms with E-state index in [2.05, 4.69) is 29.6 Å². The van der Waals surface area contributed by atoms with E-state index < -0.39 is 0 Å². The van der Waals surface area contributed by atoms with Gasteiger partial charge >= 0.3 is 0 Å². The van der Waals surface area contributed by atoms with Gasteiger partial charge in [0.1, 0.15) is 0 Å². The fourth-order valence-electron chi connectivity index (χ4n) is 2.71. The maximum atomic E-state index is 11.2. The second-order valence-corrected chi connectivity index (χ2v) is 5.67. The highest BCUT2D eigenvalue weighted by Gasteiger charge is 2.31. The molecule has 3 N–H and O–H groups in total. The van der Waals surface area contributed by atoms with Crippen molar-refractivity contribution in [2.24, 2.45) is 11.7 Å². The zero-order valence-corrected chi connectivity index (χ0v) is 12.0. The van der Waals surface area contributed by atoms with Gasteiger partial charge in [0.15, 0.2) is 0 Å². The Labute approximate surface area is 125 Å². The monoisotopic (exact) mass is 280 g/mol. The number of nitrogens with one attached hydrogen (secondary N) is 1. The number of benzene rings is 2. The van der Waals surface area contributed by atoms with Crippen molar-refractivity contribution in [1.82, 2.24) is 5.32 Å². The van der Waals surface area contributed by atoms with Crippen LogP contribution in [0, 0.1) is 5.92 Å². The van der Waals surface area contributed by atoms with E-state index in [0.717, 1.165) is 18.0 Å². The van der Waals surface area contributed by atoms with Crippen LogP contribution < -0.4 is 11.1 Å². The molecule has 1 saturated carbocycles. The molecular weight excluding hydrogens is 260 g/mol. The van der Waals surface area contributed by atoms with Crippen molar-refractivity contribution < 1.29 is 4.79 Å². The largest absolute Gasteiger partial charge is 0.366 e. The molecule has 1 amide bonds. The SMILES string of the molecule is NC(=O)c1cccc(CNC(c2ccccc2)C2CC2)c1. The van der Waals surface area contributed by atoms with E-state index in [1.165, 1.54) is 18.4 Å². The van der Waals surface area contributed by atoms with Crippen molar-refractivity contribution in [3.05, 3.63) is 71.3 Å². The molecule has 0 bridgehead atoms. The van der Waals surface area contributed by atoms with Crippen LogP contribution in [0.5, 0.6) is 0 Å². The second-order valence-electron chi connectivity index (χ2n) is 5.67. The van der Waals surface area contributed by atoms with Crippen molar-refractivity contribution in [1.29, 1.82) is 0 Å². The van der Waals surface area contributed by atoms with Crippen LogP contribution in [0.15, 0.2) is 54.6 Å². The van der Waals surface area contributed by atoms with Crippen molar-refractivity contribution in [3.8, 4) is 0 Å². The summed E-state index contributed by atoms with van der Waals surface area (Å²) in [7, 11) is 0. The minimum atomic E-state index is -0.376. The molecule has 0 radical (unpaired) electrons. The third-order valence-corrected chi connectivity index (χ3v) is 3.99. The van der Waals surface area contributed by atoms with E-state index in [9.17, 15) is 4.79 Å². The van der Waals surface area contributed by atoms with Crippen LogP contribution in [0.4, 0.5) is 0 Å². The molecule has 1 aliphatic carbocycles. The maximum Gasteiger partial charge on any atom is 0.248 e. The topological polar surface area (TPSA) is 55.1 Å². The molecule has 0 heterocycles. The molecule has 2 aromatic rings. The molecule has 1 unspecified atom stereocenters. The molecule has 21 heavy (non-hydrogen) atoms. The van der Waals surface area contributed by atoms with Crippen molar-refractivity contribution in [2.75, 3.05) is 0 Å². The Bertz CT molecular complexity index is 620. The quantitative estimate of drug-likeness (QED) is 0.854. The number of amides is 1. The molecule has 108 valence electrons. The molecule has 3 heteroatoms. The fourth-order valence-corrected chi connectivity index (χ4v) is 2.71. The van der Waals surface area contributed by atoms with Gasteiger partial charge in [-0.15, -0.1) is 0 Å². The number of rotatable bonds is 6. The van der Waals surface area contributed by atoms with E-state index in [1.54, 1.807) is 6.07 Å². The van der Waals surface area contributed by atoms with Crippen LogP contribution in [0.2, 0.25) is 0 Å². The first-order chi connectivity index (χ1) is 10.2. The maximum absolute atomic E-state index is 11.2. The smallest absolute Gasteiger partial charge is 0.248 e. The van der Waals surface area contributed by atoms with Gasteiger partial charge in [0.05, 0.1) is 0 Å². The molecule has 1 atom stereocenters. The summed E-state index contributed by atoms with van der Waals surface area (Å²) in [6.07, 6.45) is 2.57. The van der Waals surface area contributed by atoms with Crippen LogP contribution in [0.1, 0.15) is 40.4 Å². The molecule has 2 aromatic carbocycles. The Kier molecular flexibility index (Phi) is 4.02. The molecule has 0 aliphatic heterocycles. The summed E-state index contributed by atoms with van der Waals surface area (Å²) in [5, 5.41) is 3.63. The first kappa shape index (κ1) is 13.8. The highest BCUT2D eigenvalue weighted by atomic mass is 16.1. The lowest BCUT2D eigenvalue weighted by molar-refractivity contribution is 0.1000. The van der Waals surface area contributed by atoms with Gasteiger partial charge in [-0.05, 0) is 42.0 Å². The van der Waals surface area contributed by atoms with E-state index in [0.29, 0.717) is 11.6 Å². The molecule has 0 spiro atoms. The van der Waals surface area contributed by atoms with Crippen molar-refractivity contribution >= 4 is 5.91 Å². The average Bonchev–Trinajstić information content (AvgIpc) is 3.34. The third-order valence-electron chi connectivity index (χ3n) is 3.99. The van der Waals surface area contributed by atoms with Gasteiger partial charge in [-0.3, -0.25) is 4.79 Å². The Morgan fingerprint density at radius 2 is 1.90 bits per heavy atom. The van der Waals surface area contributed by atoms with Gasteiger partial charge in [-0.25, -0.2) is 0 Å². The van der Waals surface area contributed by atoms with Crippen LogP contribution in [0.3, 0.4) is 0 Å². The standard InChI is InChI=1S/C18H20N2O/c19-18(21)16-8-4-5-13(11-16)12-20-17(15-9-10-15)14-6-2-1-3-7-14/h1-8,11,15,17,20H,9-10,12H2,(H2,19,21). The van der Waals surface area contributed by atoms with Gasteiger partial charge in [0, 0.05) is 18.2 Å². The minimum Gasteiger partial charge on any atom is -0.366 e. The predicted octanol–water partition coefficient (Wildman–Crippen LogP) is 3.03. The van der Waals surface area contributed by atoms with Gasteiger partial charge < -0.3 is 11.1 Å². The fraction of sp³-hybridized carbons (Fsp3) is 0.278. The molecular formula is C18H20N2O. The van der Waals surface area contributed by atoms with Crippen molar-refractivity contribution in [2.45, 2.75) is 25.4 Å². The van der Waals surface area contributed by atoms with Crippen molar-refractivity contribution in [3.63, 3.8) is 0 Å². The second kappa shape index (κ2) is 6.10. The molecule has 0 saturated heterocycles. The highest BCUT2D eigenvalue weighted by molar-refractivity contribution is 5.92. The third kappa shape index (κ3) is 3.50. The summed E-state index contributed by atoms with van der Waals surface area (Å²) in [5.41, 5.74) is 8.32. The molecule has 3 rings (SSSR count). The Morgan fingerprint density at radius 3 is 2.57 bits per heavy atom. The predicted molar refractivity (Wildman–Crippen MR) is 83.7 cm³/mol. The summed E-state index contributed by atoms with van der Waals surface area (Å²) >= 11 is 0. The lowest BCUT2D eigenvalue weighted by Gasteiger charge is -2.19. The lowest BCUT2D eigenvalue weighted by Crippen LogP contribution is -2.23. The van der Waals surface area contributed by atoms with Gasteiger partial charge in [-0.2, -0.15) is 0 Å². The normalized spacial score (nSPS) is 15.6. The Morgan fingerprint density at radius 1 is 1.14 bits per heavy atom. The minimum absolute atomic E-state index is 0.376. The average molecular weight is 280 g/mol. The van der Waals surface area contributed by atoms with Crippen LogP contribution in [0.25, 0.3) is 0 Å². The highest BCUT2D eigenvalue weighted by Crippen LogP contribution is 2.41. The van der Waals surface area contributed by atoms with Gasteiger partial charge in [-0.1, -0.05) is 42.5 Å². The zero-order valence-electron chi connectivity index (χ0n) is 12.0. The Balaban J connectivity index is 1.70. The summed E-state index contributed by atoms with van der Waals surface area (Å²) in [5.74, 6) is 0.352. The molecule has 0 aromatic heterocycles. The van der Waals surface area contributed by atoms with Gasteiger partial charge in [0.25, 0.3) is 0 Å². The number of primary amides is 1. The number of carbonyl (C=O) groups excluding carboxylic acids is 1. The number of carbonyl (C=O) groups is 1. The summed E-state index contributed by atoms with van der Waals surface area (Å²) in [4.78, 5) is 11.2. The van der Waals surface area contributed by atoms with Crippen LogP contribution in [-0.2, 0) is 6.54 Å². The number of hydrogen-bond donors (Lipinski definition) is 2. The Hall–Kier alpha value is -2.13. The molecule has 3 nitrogen and oxygen atoms in total. The molecule has 1 aliphatic rings. The first-order valence-corrected chi connectivity index (χ1v) is 7.41. The zero-order chi connectivity index (χ0) is 14.7. The first-order valence-electron chi connectivity index (χ1n) is 7.41. The number of nitrogens with two attached hydrogens (primary N) is 1. The van der Waals surface area contributed by atoms with E-state index in [4.69, 9.17) is 5.73 Å². The van der Waals surface area contributed by atoms with Crippen LogP contribution in [-0.4, -0.2) is 5.91 Å². The van der Waals surface area contributed by atoms with Crippen LogP contribution >= 0.6 is 0 Å². The summed E-state index contributed by atoms with van der Waals surface area (Å²) in [6.45, 7) is 0.747. The summed E-state index contributed by atoms with van der Waals surface area (Å²) in [6, 6.07) is 18.5. The van der Waals surface area contributed by atoms with Gasteiger partial charge in [0.2, 0.25) is 5.91 Å². The lowest BCUT2D eigenvalue weighted by atomic mass is 10.0. The summed E-state index contributed by atoms with van der Waals surface area (Å²) < 4.78 is 0. The van der Waals surface area contributed by atoms with E-state index in [-0.39, 0.29) is 5.91 Å². The molecule has 1 fully saturated rings. The van der Waals surface area contributed by atoms with E-state index in [1.807, 2.05) is 24.3 Å². The number of hydrogen-bond acceptors (Lipinski definition) is 2.